The molecule has 0 spiro atoms. The Morgan fingerprint density at radius 2 is 1.85 bits per heavy atom. The van der Waals surface area contributed by atoms with E-state index >= 15 is 0 Å². The van der Waals surface area contributed by atoms with Crippen molar-refractivity contribution >= 4 is 12.0 Å². The summed E-state index contributed by atoms with van der Waals surface area (Å²) in [5.74, 6) is 0.0644. The molecule has 4 atom stereocenters. The number of likely N-dealkylation sites (tertiary alicyclic amines) is 1. The number of amides is 2. The van der Waals surface area contributed by atoms with E-state index in [0.717, 1.165) is 57.2 Å². The van der Waals surface area contributed by atoms with Crippen molar-refractivity contribution in [3.63, 3.8) is 0 Å². The molecule has 3 fully saturated rings. The number of hydrogen-bond donors (Lipinski definition) is 1. The van der Waals surface area contributed by atoms with Gasteiger partial charge in [-0.05, 0) is 57.3 Å². The number of hydrogen-bond acceptors (Lipinski definition) is 7. The highest BCUT2D eigenvalue weighted by Gasteiger charge is 2.54. The van der Waals surface area contributed by atoms with Gasteiger partial charge in [-0.25, -0.2) is 4.79 Å². The maximum absolute atomic E-state index is 13.9. The second-order valence-electron chi connectivity index (χ2n) is 11.9. The van der Waals surface area contributed by atoms with Crippen molar-refractivity contribution in [3.05, 3.63) is 35.9 Å². The first-order chi connectivity index (χ1) is 18.8. The van der Waals surface area contributed by atoms with E-state index in [1.165, 1.54) is 5.06 Å². The molecule has 3 aliphatic rings. The summed E-state index contributed by atoms with van der Waals surface area (Å²) in [4.78, 5) is 39.8. The van der Waals surface area contributed by atoms with Crippen LogP contribution in [0.2, 0.25) is 0 Å². The zero-order chi connectivity index (χ0) is 27.9. The fourth-order valence-electron chi connectivity index (χ4n) is 6.17. The molecule has 2 amide bonds. The zero-order valence-corrected chi connectivity index (χ0v) is 24.2. The van der Waals surface area contributed by atoms with Crippen molar-refractivity contribution in [1.29, 1.82) is 0 Å². The highest BCUT2D eigenvalue weighted by Crippen LogP contribution is 2.35. The minimum absolute atomic E-state index is 0.122. The van der Waals surface area contributed by atoms with E-state index in [1.54, 1.807) is 4.90 Å². The molecule has 39 heavy (non-hydrogen) atoms. The van der Waals surface area contributed by atoms with Crippen LogP contribution in [0.4, 0.5) is 4.79 Å². The molecule has 1 aromatic rings. The largest absolute Gasteiger partial charge is 0.443 e. The van der Waals surface area contributed by atoms with Crippen LogP contribution in [0.3, 0.4) is 0 Å². The Balaban J connectivity index is 1.61. The van der Waals surface area contributed by atoms with Crippen LogP contribution in [-0.2, 0) is 21.0 Å². The van der Waals surface area contributed by atoms with Gasteiger partial charge in [-0.3, -0.25) is 14.5 Å². The second-order valence-corrected chi connectivity index (χ2v) is 11.9. The first-order valence-electron chi connectivity index (χ1n) is 14.9. The first kappa shape index (κ1) is 29.8. The topological polar surface area (TPSA) is 85.8 Å². The highest BCUT2D eigenvalue weighted by molar-refractivity contribution is 5.83. The Hall–Kier alpha value is -2.20. The fourth-order valence-corrected chi connectivity index (χ4v) is 6.17. The lowest BCUT2D eigenvalue weighted by Gasteiger charge is -2.57. The summed E-state index contributed by atoms with van der Waals surface area (Å²) in [6.07, 6.45) is 4.44. The van der Waals surface area contributed by atoms with Crippen LogP contribution < -0.4 is 0 Å². The molecule has 0 saturated carbocycles. The van der Waals surface area contributed by atoms with Gasteiger partial charge in [0.1, 0.15) is 19.0 Å². The Kier molecular flexibility index (Phi) is 10.6. The lowest BCUT2D eigenvalue weighted by molar-refractivity contribution is -0.289. The van der Waals surface area contributed by atoms with Crippen molar-refractivity contribution in [1.82, 2.24) is 19.8 Å². The van der Waals surface area contributed by atoms with E-state index in [0.29, 0.717) is 19.4 Å². The summed E-state index contributed by atoms with van der Waals surface area (Å²) in [5, 5.41) is 13.0. The summed E-state index contributed by atoms with van der Waals surface area (Å²) >= 11 is 0. The minimum atomic E-state index is -0.786. The molecular formula is C30H48N4O5. The minimum Gasteiger partial charge on any atom is -0.443 e. The van der Waals surface area contributed by atoms with Gasteiger partial charge in [0.15, 0.2) is 6.10 Å². The van der Waals surface area contributed by atoms with Crippen molar-refractivity contribution in [2.75, 3.05) is 26.7 Å². The van der Waals surface area contributed by atoms with Crippen LogP contribution in [0, 0.1) is 5.92 Å². The molecule has 9 heteroatoms. The molecule has 3 saturated heterocycles. The maximum Gasteiger partial charge on any atom is 0.436 e. The number of aliphatic hydroxyl groups is 1. The summed E-state index contributed by atoms with van der Waals surface area (Å²) < 4.78 is 5.71. The number of fused-ring (bicyclic) bond motifs is 1. The molecule has 218 valence electrons. The molecule has 9 nitrogen and oxygen atoms in total. The molecule has 0 radical (unpaired) electrons. The molecule has 0 aliphatic carbocycles. The van der Waals surface area contributed by atoms with Gasteiger partial charge < -0.3 is 19.6 Å². The Morgan fingerprint density at radius 3 is 2.51 bits per heavy atom. The molecule has 3 aliphatic heterocycles. The third-order valence-electron chi connectivity index (χ3n) is 8.36. The zero-order valence-electron chi connectivity index (χ0n) is 24.2. The van der Waals surface area contributed by atoms with E-state index in [2.05, 4.69) is 23.8 Å². The molecule has 3 heterocycles. The van der Waals surface area contributed by atoms with Crippen LogP contribution in [0.25, 0.3) is 0 Å². The summed E-state index contributed by atoms with van der Waals surface area (Å²) in [6.45, 7) is 8.62. The van der Waals surface area contributed by atoms with Gasteiger partial charge in [0, 0.05) is 12.6 Å². The van der Waals surface area contributed by atoms with Gasteiger partial charge in [0.2, 0.25) is 0 Å². The third kappa shape index (κ3) is 7.31. The van der Waals surface area contributed by atoms with Gasteiger partial charge >= 0.3 is 6.09 Å². The quantitative estimate of drug-likeness (QED) is 0.442. The molecule has 0 bridgehead atoms. The number of hydroxylamine groups is 2. The van der Waals surface area contributed by atoms with Gasteiger partial charge in [-0.1, -0.05) is 76.8 Å². The molecule has 1 unspecified atom stereocenters. The van der Waals surface area contributed by atoms with Crippen LogP contribution >= 0.6 is 0 Å². The van der Waals surface area contributed by atoms with Crippen LogP contribution in [0.1, 0.15) is 77.7 Å². The lowest BCUT2D eigenvalue weighted by atomic mass is 9.94. The predicted molar refractivity (Wildman–Crippen MR) is 149 cm³/mol. The fraction of sp³-hybridized carbons (Fsp3) is 0.733. The van der Waals surface area contributed by atoms with Crippen molar-refractivity contribution in [2.24, 2.45) is 5.92 Å². The lowest BCUT2D eigenvalue weighted by Crippen LogP contribution is -2.75. The molecule has 0 aromatic heterocycles. The van der Waals surface area contributed by atoms with E-state index in [9.17, 15) is 14.7 Å². The average Bonchev–Trinajstić information content (AvgIpc) is 2.93. The summed E-state index contributed by atoms with van der Waals surface area (Å²) in [7, 11) is 2.12. The van der Waals surface area contributed by atoms with Gasteiger partial charge in [-0.15, -0.1) is 0 Å². The Bertz CT molecular complexity index is 923. The number of ether oxygens (including phenoxy) is 1. The van der Waals surface area contributed by atoms with Crippen molar-refractivity contribution in [2.45, 2.75) is 109 Å². The first-order valence-corrected chi connectivity index (χ1v) is 14.9. The number of piperazine rings is 1. The van der Waals surface area contributed by atoms with Crippen molar-refractivity contribution in [3.8, 4) is 0 Å². The third-order valence-corrected chi connectivity index (χ3v) is 8.36. The van der Waals surface area contributed by atoms with E-state index in [1.807, 2.05) is 44.2 Å². The molecular weight excluding hydrogens is 496 g/mol. The molecule has 1 N–H and O–H groups in total. The number of nitrogens with zero attached hydrogens (tertiary/aromatic N) is 4. The standard InChI is InChI=1S/C30H48N4O5/c1-5-6-7-11-14-25-28(35)32(24-15-17-31(4)18-16-24)20-27-33(25)29(36)26(19-22(2)3)39-34(27)30(37)38-21-23-12-9-8-10-13-23/h8-10,12-13,22,24-28,35H,5-7,11,14-21H2,1-4H3/t25-,26+,27-,28?/m0/s1. The van der Waals surface area contributed by atoms with E-state index in [4.69, 9.17) is 9.57 Å². The van der Waals surface area contributed by atoms with Crippen LogP contribution in [0.15, 0.2) is 30.3 Å². The number of aliphatic hydroxyl groups excluding tert-OH is 1. The van der Waals surface area contributed by atoms with E-state index < -0.39 is 30.6 Å². The number of unbranched alkanes of at least 4 members (excludes halogenated alkanes) is 3. The second kappa shape index (κ2) is 13.9. The smallest absolute Gasteiger partial charge is 0.436 e. The number of rotatable bonds is 10. The van der Waals surface area contributed by atoms with Crippen LogP contribution in [-0.4, -0.2) is 94.1 Å². The van der Waals surface area contributed by atoms with Gasteiger partial charge in [0.05, 0.1) is 6.04 Å². The highest BCUT2D eigenvalue weighted by atomic mass is 16.7. The number of carbonyl (C=O) groups is 2. The van der Waals surface area contributed by atoms with Gasteiger partial charge in [0.25, 0.3) is 5.91 Å². The van der Waals surface area contributed by atoms with Gasteiger partial charge in [-0.2, -0.15) is 5.06 Å². The predicted octanol–water partition coefficient (Wildman–Crippen LogP) is 4.21. The monoisotopic (exact) mass is 544 g/mol. The average molecular weight is 545 g/mol. The Labute approximate surface area is 234 Å². The number of piperidine rings is 1. The maximum atomic E-state index is 13.9. The normalized spacial score (nSPS) is 27.2. The molecule has 1 aromatic carbocycles. The van der Waals surface area contributed by atoms with Crippen LogP contribution in [0.5, 0.6) is 0 Å². The Morgan fingerprint density at radius 1 is 1.13 bits per heavy atom. The summed E-state index contributed by atoms with van der Waals surface area (Å²) in [6, 6.07) is 9.33. The molecule has 4 rings (SSSR count). The van der Waals surface area contributed by atoms with Crippen molar-refractivity contribution < 1.29 is 24.3 Å². The number of carbonyl (C=O) groups excluding carboxylic acids is 2. The SMILES string of the molecule is CCCCCC[C@H]1C(O)N(C2CCN(C)CC2)C[C@@H]2N(C(=O)OCc3ccccc3)O[C@H](CC(C)C)C(=O)N21. The summed E-state index contributed by atoms with van der Waals surface area (Å²) in [5.41, 5.74) is 0.885. The van der Waals surface area contributed by atoms with E-state index in [-0.39, 0.29) is 24.5 Å². The number of benzene rings is 1.